The molecule has 0 aliphatic heterocycles. The zero-order valence-electron chi connectivity index (χ0n) is 9.62. The minimum atomic E-state index is 0.831. The van der Waals surface area contributed by atoms with Crippen LogP contribution >= 0.6 is 0 Å². The van der Waals surface area contributed by atoms with Gasteiger partial charge in [0.15, 0.2) is 0 Å². The summed E-state index contributed by atoms with van der Waals surface area (Å²) in [6.07, 6.45) is 1.70. The molecule has 3 nitrogen and oxygen atoms in total. The summed E-state index contributed by atoms with van der Waals surface area (Å²) in [5, 5.41) is 3.26. The van der Waals surface area contributed by atoms with Crippen LogP contribution in [-0.4, -0.2) is 31.6 Å². The van der Waals surface area contributed by atoms with Crippen molar-refractivity contribution in [3.05, 3.63) is 36.3 Å². The standard InChI is InChI=1S/C12H20N2O/c1-4-13-8-11(2)9-14(3)10-12-6-5-7-15-12/h5-7,13H,2,4,8-10H2,1,3H3. The number of rotatable bonds is 7. The van der Waals surface area contributed by atoms with E-state index in [1.165, 1.54) is 5.57 Å². The molecule has 1 N–H and O–H groups in total. The third-order valence-electron chi connectivity index (χ3n) is 2.12. The van der Waals surface area contributed by atoms with Crippen molar-refractivity contribution < 1.29 is 4.42 Å². The second-order valence-corrected chi connectivity index (χ2v) is 3.78. The molecule has 0 atom stereocenters. The zero-order valence-corrected chi connectivity index (χ0v) is 9.62. The summed E-state index contributed by atoms with van der Waals surface area (Å²) in [4.78, 5) is 2.19. The van der Waals surface area contributed by atoms with E-state index in [9.17, 15) is 0 Å². The quantitative estimate of drug-likeness (QED) is 0.693. The molecule has 0 spiro atoms. The Morgan fingerprint density at radius 1 is 1.60 bits per heavy atom. The van der Waals surface area contributed by atoms with Gasteiger partial charge in [-0.3, -0.25) is 4.90 Å². The highest BCUT2D eigenvalue weighted by Gasteiger charge is 2.03. The Labute approximate surface area is 91.8 Å². The van der Waals surface area contributed by atoms with Gasteiger partial charge >= 0.3 is 0 Å². The van der Waals surface area contributed by atoms with Crippen LogP contribution in [0, 0.1) is 0 Å². The third kappa shape index (κ3) is 4.81. The number of nitrogens with zero attached hydrogens (tertiary/aromatic N) is 1. The van der Waals surface area contributed by atoms with Crippen molar-refractivity contribution in [1.29, 1.82) is 0 Å². The minimum Gasteiger partial charge on any atom is -0.468 e. The van der Waals surface area contributed by atoms with Crippen molar-refractivity contribution in [2.45, 2.75) is 13.5 Å². The van der Waals surface area contributed by atoms with Gasteiger partial charge in [0.1, 0.15) is 5.76 Å². The van der Waals surface area contributed by atoms with E-state index in [1.54, 1.807) is 6.26 Å². The fourth-order valence-corrected chi connectivity index (χ4v) is 1.46. The Morgan fingerprint density at radius 2 is 2.40 bits per heavy atom. The highest BCUT2D eigenvalue weighted by molar-refractivity contribution is 5.02. The number of nitrogens with one attached hydrogen (secondary N) is 1. The molecule has 0 saturated carbocycles. The summed E-state index contributed by atoms with van der Waals surface area (Å²) in [5.74, 6) is 0.994. The molecule has 0 aliphatic carbocycles. The molecule has 0 aromatic carbocycles. The smallest absolute Gasteiger partial charge is 0.117 e. The van der Waals surface area contributed by atoms with Crippen LogP contribution in [0.25, 0.3) is 0 Å². The number of likely N-dealkylation sites (N-methyl/N-ethyl adjacent to an activating group) is 2. The monoisotopic (exact) mass is 208 g/mol. The summed E-state index contributed by atoms with van der Waals surface area (Å²) in [5.41, 5.74) is 1.20. The van der Waals surface area contributed by atoms with E-state index < -0.39 is 0 Å². The van der Waals surface area contributed by atoms with Gasteiger partial charge in [0.05, 0.1) is 12.8 Å². The lowest BCUT2D eigenvalue weighted by Gasteiger charge is -2.16. The van der Waals surface area contributed by atoms with Crippen molar-refractivity contribution in [1.82, 2.24) is 10.2 Å². The number of hydrogen-bond acceptors (Lipinski definition) is 3. The van der Waals surface area contributed by atoms with Crippen LogP contribution < -0.4 is 5.32 Å². The van der Waals surface area contributed by atoms with E-state index in [-0.39, 0.29) is 0 Å². The maximum absolute atomic E-state index is 5.28. The highest BCUT2D eigenvalue weighted by atomic mass is 16.3. The number of furan rings is 1. The second kappa shape index (κ2) is 6.43. The van der Waals surface area contributed by atoms with Gasteiger partial charge in [-0.2, -0.15) is 0 Å². The first kappa shape index (κ1) is 12.0. The Balaban J connectivity index is 2.23. The molecule has 3 heteroatoms. The summed E-state index contributed by atoms with van der Waals surface area (Å²) in [7, 11) is 2.07. The lowest BCUT2D eigenvalue weighted by molar-refractivity contribution is 0.315. The lowest BCUT2D eigenvalue weighted by atomic mass is 10.2. The first-order chi connectivity index (χ1) is 7.22. The van der Waals surface area contributed by atoms with E-state index >= 15 is 0 Å². The Hall–Kier alpha value is -1.06. The molecule has 15 heavy (non-hydrogen) atoms. The number of hydrogen-bond donors (Lipinski definition) is 1. The van der Waals surface area contributed by atoms with Gasteiger partial charge < -0.3 is 9.73 Å². The summed E-state index contributed by atoms with van der Waals surface area (Å²) in [6, 6.07) is 3.90. The summed E-state index contributed by atoms with van der Waals surface area (Å²) >= 11 is 0. The van der Waals surface area contributed by atoms with E-state index in [0.29, 0.717) is 0 Å². The SMILES string of the molecule is C=C(CNCC)CN(C)Cc1ccco1. The predicted molar refractivity (Wildman–Crippen MR) is 62.7 cm³/mol. The fourth-order valence-electron chi connectivity index (χ4n) is 1.46. The van der Waals surface area contributed by atoms with Crippen LogP contribution in [0.2, 0.25) is 0 Å². The first-order valence-electron chi connectivity index (χ1n) is 5.30. The van der Waals surface area contributed by atoms with Crippen molar-refractivity contribution in [3.63, 3.8) is 0 Å². The van der Waals surface area contributed by atoms with Gasteiger partial charge in [-0.25, -0.2) is 0 Å². The van der Waals surface area contributed by atoms with E-state index in [1.807, 2.05) is 12.1 Å². The van der Waals surface area contributed by atoms with Gasteiger partial charge in [-0.05, 0) is 31.3 Å². The molecule has 0 bridgehead atoms. The molecule has 1 aromatic heterocycles. The Bertz CT molecular complexity index is 280. The van der Waals surface area contributed by atoms with E-state index in [0.717, 1.165) is 31.9 Å². The van der Waals surface area contributed by atoms with Crippen molar-refractivity contribution >= 4 is 0 Å². The molecule has 0 unspecified atom stereocenters. The van der Waals surface area contributed by atoms with Crippen molar-refractivity contribution in [2.75, 3.05) is 26.7 Å². The summed E-state index contributed by atoms with van der Waals surface area (Å²) in [6.45, 7) is 9.73. The predicted octanol–water partition coefficient (Wildman–Crippen LogP) is 1.88. The Kier molecular flexibility index (Phi) is 5.15. The molecule has 0 radical (unpaired) electrons. The van der Waals surface area contributed by atoms with Crippen LogP contribution in [0.5, 0.6) is 0 Å². The molecule has 0 fully saturated rings. The molecular formula is C12H20N2O. The fraction of sp³-hybridized carbons (Fsp3) is 0.500. The van der Waals surface area contributed by atoms with Gasteiger partial charge in [0.25, 0.3) is 0 Å². The third-order valence-corrected chi connectivity index (χ3v) is 2.12. The van der Waals surface area contributed by atoms with Crippen LogP contribution in [0.15, 0.2) is 35.0 Å². The van der Waals surface area contributed by atoms with Crippen molar-refractivity contribution in [2.24, 2.45) is 0 Å². The van der Waals surface area contributed by atoms with Gasteiger partial charge in [-0.1, -0.05) is 13.5 Å². The van der Waals surface area contributed by atoms with Gasteiger partial charge in [0.2, 0.25) is 0 Å². The molecule has 1 heterocycles. The average Bonchev–Trinajstić information content (AvgIpc) is 2.67. The highest BCUT2D eigenvalue weighted by Crippen LogP contribution is 2.04. The lowest BCUT2D eigenvalue weighted by Crippen LogP contribution is -2.25. The topological polar surface area (TPSA) is 28.4 Å². The maximum Gasteiger partial charge on any atom is 0.117 e. The van der Waals surface area contributed by atoms with Crippen LogP contribution in [0.1, 0.15) is 12.7 Å². The summed E-state index contributed by atoms with van der Waals surface area (Å²) < 4.78 is 5.28. The van der Waals surface area contributed by atoms with Gasteiger partial charge in [-0.15, -0.1) is 0 Å². The molecule has 1 rings (SSSR count). The van der Waals surface area contributed by atoms with Crippen LogP contribution in [0.3, 0.4) is 0 Å². The zero-order chi connectivity index (χ0) is 11.1. The second-order valence-electron chi connectivity index (χ2n) is 3.78. The maximum atomic E-state index is 5.28. The Morgan fingerprint density at radius 3 is 3.00 bits per heavy atom. The molecular weight excluding hydrogens is 188 g/mol. The largest absolute Gasteiger partial charge is 0.468 e. The minimum absolute atomic E-state index is 0.831. The van der Waals surface area contributed by atoms with Crippen LogP contribution in [0.4, 0.5) is 0 Å². The average molecular weight is 208 g/mol. The van der Waals surface area contributed by atoms with Gasteiger partial charge in [0, 0.05) is 13.1 Å². The molecule has 0 aliphatic rings. The van der Waals surface area contributed by atoms with E-state index in [2.05, 4.69) is 30.8 Å². The molecule has 0 saturated heterocycles. The van der Waals surface area contributed by atoms with Crippen molar-refractivity contribution in [3.8, 4) is 0 Å². The molecule has 84 valence electrons. The van der Waals surface area contributed by atoms with E-state index in [4.69, 9.17) is 4.42 Å². The normalized spacial score (nSPS) is 10.9. The molecule has 0 amide bonds. The van der Waals surface area contributed by atoms with Crippen LogP contribution in [-0.2, 0) is 6.54 Å². The first-order valence-corrected chi connectivity index (χ1v) is 5.30. The molecule has 1 aromatic rings.